The molecule has 0 unspecified atom stereocenters. The first-order valence-corrected chi connectivity index (χ1v) is 7.13. The molecular formula is C13H26ClNO. The molecule has 96 valence electrons. The Morgan fingerprint density at radius 3 is 2.31 bits per heavy atom. The molecule has 0 aliphatic heterocycles. The van der Waals surface area contributed by atoms with Gasteiger partial charge in [0.25, 0.3) is 0 Å². The van der Waals surface area contributed by atoms with Crippen molar-refractivity contribution in [2.75, 3.05) is 19.0 Å². The lowest BCUT2D eigenvalue weighted by Crippen LogP contribution is -2.31. The van der Waals surface area contributed by atoms with Crippen molar-refractivity contribution in [1.29, 1.82) is 0 Å². The van der Waals surface area contributed by atoms with E-state index in [1.807, 2.05) is 11.8 Å². The molecule has 0 aromatic carbocycles. The topological polar surface area (TPSA) is 20.3 Å². The first-order valence-electron chi connectivity index (χ1n) is 6.60. The van der Waals surface area contributed by atoms with E-state index in [-0.39, 0.29) is 0 Å². The second-order valence-electron chi connectivity index (χ2n) is 4.18. The van der Waals surface area contributed by atoms with E-state index >= 15 is 0 Å². The van der Waals surface area contributed by atoms with E-state index in [4.69, 9.17) is 11.6 Å². The third-order valence-corrected chi connectivity index (χ3v) is 3.06. The molecule has 2 nitrogen and oxygen atoms in total. The van der Waals surface area contributed by atoms with Crippen LogP contribution in [-0.4, -0.2) is 29.8 Å². The quantitative estimate of drug-likeness (QED) is 0.425. The number of carbonyl (C=O) groups excluding carboxylic acids is 1. The minimum absolute atomic E-state index is 0.295. The van der Waals surface area contributed by atoms with Crippen molar-refractivity contribution in [1.82, 2.24) is 4.90 Å². The number of unbranched alkanes of at least 4 members (excludes halogenated alkanes) is 4. The molecule has 1 amide bonds. The predicted molar refractivity (Wildman–Crippen MR) is 71.0 cm³/mol. The Bertz CT molecular complexity index is 173. The lowest BCUT2D eigenvalue weighted by Gasteiger charge is -2.20. The molecule has 3 heteroatoms. The Morgan fingerprint density at radius 2 is 1.75 bits per heavy atom. The van der Waals surface area contributed by atoms with Gasteiger partial charge in [0.2, 0.25) is 5.91 Å². The summed E-state index contributed by atoms with van der Waals surface area (Å²) < 4.78 is 0. The summed E-state index contributed by atoms with van der Waals surface area (Å²) in [6.07, 6.45) is 7.64. The third-order valence-electron chi connectivity index (χ3n) is 2.79. The number of amides is 1. The SMILES string of the molecule is CCCCCCCC(=O)N(CC)CCCCl. The maximum Gasteiger partial charge on any atom is 0.222 e. The molecule has 0 spiro atoms. The van der Waals surface area contributed by atoms with Crippen LogP contribution in [0.25, 0.3) is 0 Å². The number of hydrogen-bond donors (Lipinski definition) is 0. The molecule has 0 aromatic heterocycles. The lowest BCUT2D eigenvalue weighted by molar-refractivity contribution is -0.131. The zero-order valence-corrected chi connectivity index (χ0v) is 11.6. The van der Waals surface area contributed by atoms with Crippen molar-refractivity contribution in [3.05, 3.63) is 0 Å². The monoisotopic (exact) mass is 247 g/mol. The van der Waals surface area contributed by atoms with E-state index in [0.29, 0.717) is 18.2 Å². The molecule has 0 fully saturated rings. The van der Waals surface area contributed by atoms with Crippen LogP contribution in [0.1, 0.15) is 58.8 Å². The fraction of sp³-hybridized carbons (Fsp3) is 0.923. The Labute approximate surface area is 105 Å². The maximum atomic E-state index is 11.8. The zero-order chi connectivity index (χ0) is 12.2. The van der Waals surface area contributed by atoms with Gasteiger partial charge in [-0.3, -0.25) is 4.79 Å². The van der Waals surface area contributed by atoms with Crippen molar-refractivity contribution in [2.45, 2.75) is 58.8 Å². The molecule has 0 N–H and O–H groups in total. The molecule has 0 bridgehead atoms. The van der Waals surface area contributed by atoms with Gasteiger partial charge < -0.3 is 4.90 Å². The molecule has 0 aromatic rings. The number of halogens is 1. The maximum absolute atomic E-state index is 11.8. The molecule has 0 saturated heterocycles. The van der Waals surface area contributed by atoms with E-state index < -0.39 is 0 Å². The molecule has 0 rings (SSSR count). The smallest absolute Gasteiger partial charge is 0.222 e. The summed E-state index contributed by atoms with van der Waals surface area (Å²) in [6.45, 7) is 5.86. The van der Waals surface area contributed by atoms with Gasteiger partial charge in [-0.05, 0) is 19.8 Å². The van der Waals surface area contributed by atoms with Crippen LogP contribution in [0.3, 0.4) is 0 Å². The number of nitrogens with zero attached hydrogens (tertiary/aromatic N) is 1. The summed E-state index contributed by atoms with van der Waals surface area (Å²) in [6, 6.07) is 0. The van der Waals surface area contributed by atoms with Crippen LogP contribution in [0.5, 0.6) is 0 Å². The summed E-state index contributed by atoms with van der Waals surface area (Å²) >= 11 is 5.63. The van der Waals surface area contributed by atoms with Crippen molar-refractivity contribution in [3.63, 3.8) is 0 Å². The van der Waals surface area contributed by atoms with Crippen LogP contribution in [0.4, 0.5) is 0 Å². The fourth-order valence-electron chi connectivity index (χ4n) is 1.75. The highest BCUT2D eigenvalue weighted by molar-refractivity contribution is 6.17. The number of alkyl halides is 1. The second-order valence-corrected chi connectivity index (χ2v) is 4.56. The summed E-state index contributed by atoms with van der Waals surface area (Å²) in [7, 11) is 0. The molecule has 0 saturated carbocycles. The van der Waals surface area contributed by atoms with Crippen molar-refractivity contribution in [3.8, 4) is 0 Å². The number of carbonyl (C=O) groups is 1. The van der Waals surface area contributed by atoms with Gasteiger partial charge in [-0.1, -0.05) is 32.6 Å². The Hall–Kier alpha value is -0.240. The highest BCUT2D eigenvalue weighted by atomic mass is 35.5. The van der Waals surface area contributed by atoms with Gasteiger partial charge in [-0.25, -0.2) is 0 Å². The molecule has 0 radical (unpaired) electrons. The highest BCUT2D eigenvalue weighted by Crippen LogP contribution is 2.07. The number of hydrogen-bond acceptors (Lipinski definition) is 1. The third kappa shape index (κ3) is 7.98. The summed E-state index contributed by atoms with van der Waals surface area (Å²) in [5, 5.41) is 0. The molecule has 0 atom stereocenters. The van der Waals surface area contributed by atoms with Gasteiger partial charge in [-0.2, -0.15) is 0 Å². The van der Waals surface area contributed by atoms with Crippen molar-refractivity contribution in [2.24, 2.45) is 0 Å². The van der Waals surface area contributed by atoms with Gasteiger partial charge in [0.05, 0.1) is 0 Å². The zero-order valence-electron chi connectivity index (χ0n) is 10.8. The van der Waals surface area contributed by atoms with E-state index in [2.05, 4.69) is 6.92 Å². The van der Waals surface area contributed by atoms with E-state index in [9.17, 15) is 4.79 Å². The lowest BCUT2D eigenvalue weighted by atomic mass is 10.1. The molecule has 0 heterocycles. The van der Waals surface area contributed by atoms with Gasteiger partial charge in [0.15, 0.2) is 0 Å². The minimum atomic E-state index is 0.295. The van der Waals surface area contributed by atoms with E-state index in [0.717, 1.165) is 25.9 Å². The first kappa shape index (κ1) is 15.8. The van der Waals surface area contributed by atoms with Crippen LogP contribution in [0.2, 0.25) is 0 Å². The average Bonchev–Trinajstić information content (AvgIpc) is 2.30. The van der Waals surface area contributed by atoms with Crippen LogP contribution in [0.15, 0.2) is 0 Å². The molecule has 0 aliphatic rings. The van der Waals surface area contributed by atoms with Crippen LogP contribution >= 0.6 is 11.6 Å². The molecule has 0 aliphatic carbocycles. The Morgan fingerprint density at radius 1 is 1.06 bits per heavy atom. The standard InChI is InChI=1S/C13H26ClNO/c1-3-5-6-7-8-10-13(16)15(4-2)12-9-11-14/h3-12H2,1-2H3. The molecular weight excluding hydrogens is 222 g/mol. The van der Waals surface area contributed by atoms with Crippen molar-refractivity contribution >= 4 is 17.5 Å². The summed E-state index contributed by atoms with van der Waals surface area (Å²) in [4.78, 5) is 13.7. The van der Waals surface area contributed by atoms with Crippen molar-refractivity contribution < 1.29 is 4.79 Å². The second kappa shape index (κ2) is 11.3. The first-order chi connectivity index (χ1) is 7.76. The summed E-state index contributed by atoms with van der Waals surface area (Å²) in [5.74, 6) is 0.935. The minimum Gasteiger partial charge on any atom is -0.343 e. The van der Waals surface area contributed by atoms with E-state index in [1.54, 1.807) is 0 Å². The van der Waals surface area contributed by atoms with Gasteiger partial charge in [-0.15, -0.1) is 11.6 Å². The average molecular weight is 248 g/mol. The normalized spacial score (nSPS) is 10.4. The number of rotatable bonds is 10. The van der Waals surface area contributed by atoms with Gasteiger partial charge in [0.1, 0.15) is 0 Å². The van der Waals surface area contributed by atoms with E-state index in [1.165, 1.54) is 25.7 Å². The summed E-state index contributed by atoms with van der Waals surface area (Å²) in [5.41, 5.74) is 0. The van der Waals surface area contributed by atoms with Crippen LogP contribution < -0.4 is 0 Å². The predicted octanol–water partition coefficient (Wildman–Crippen LogP) is 3.82. The van der Waals surface area contributed by atoms with Crippen LogP contribution in [0, 0.1) is 0 Å². The Balaban J connectivity index is 3.58. The van der Waals surface area contributed by atoms with Crippen LogP contribution in [-0.2, 0) is 4.79 Å². The Kier molecular flexibility index (Phi) is 11.1. The fourth-order valence-corrected chi connectivity index (χ4v) is 1.87. The van der Waals surface area contributed by atoms with Gasteiger partial charge >= 0.3 is 0 Å². The largest absolute Gasteiger partial charge is 0.343 e. The molecule has 16 heavy (non-hydrogen) atoms. The van der Waals surface area contributed by atoms with Gasteiger partial charge in [0, 0.05) is 25.4 Å². The highest BCUT2D eigenvalue weighted by Gasteiger charge is 2.09.